The van der Waals surface area contributed by atoms with Gasteiger partial charge in [0.15, 0.2) is 0 Å². The molecule has 22 nitrogen and oxygen atoms in total. The number of likely N-dealkylation sites (tertiary alicyclic amines) is 3. The fraction of sp³-hybridized carbons (Fsp3) is 0.493. The van der Waals surface area contributed by atoms with Gasteiger partial charge in [-0.1, -0.05) is 74.0 Å². The molecule has 4 aliphatic heterocycles. The molecule has 8 heterocycles. The first kappa shape index (κ1) is 65.6. The number of aromatic amines is 3. The summed E-state index contributed by atoms with van der Waals surface area (Å²) in [5.74, 6) is 1.82. The number of H-pyrrole nitrogens is 3. The van der Waals surface area contributed by atoms with Crippen molar-refractivity contribution in [1.82, 2.24) is 65.5 Å². The number of carbonyl (C=O) groups excluding carboxylic acids is 6. The Morgan fingerprint density at radius 1 is 0.574 bits per heavy atom. The van der Waals surface area contributed by atoms with Crippen LogP contribution in [-0.2, 0) is 59.1 Å². The number of fused-ring (bicyclic) bond motifs is 7. The summed E-state index contributed by atoms with van der Waals surface area (Å²) in [6.45, 7) is 12.2. The van der Waals surface area contributed by atoms with E-state index in [-0.39, 0.29) is 59.5 Å². The Balaban J connectivity index is 0.000000229. The Labute approximate surface area is 556 Å². The molecule has 94 heavy (non-hydrogen) atoms. The molecular weight excluding hydrogens is 1260 g/mol. The van der Waals surface area contributed by atoms with E-state index in [9.17, 15) is 28.8 Å². The van der Waals surface area contributed by atoms with Crippen molar-refractivity contribution in [2.75, 3.05) is 47.1 Å². The van der Waals surface area contributed by atoms with E-state index in [1.807, 2.05) is 54.7 Å². The predicted octanol–water partition coefficient (Wildman–Crippen LogP) is 11.2. The van der Waals surface area contributed by atoms with Gasteiger partial charge < -0.3 is 59.8 Å². The van der Waals surface area contributed by atoms with Crippen molar-refractivity contribution in [2.24, 2.45) is 17.8 Å². The molecule has 6 aliphatic rings. The van der Waals surface area contributed by atoms with Crippen LogP contribution < -0.4 is 16.0 Å². The second kappa shape index (κ2) is 28.6. The van der Waals surface area contributed by atoms with Crippen LogP contribution in [0.15, 0.2) is 77.4 Å². The molecule has 0 spiro atoms. The summed E-state index contributed by atoms with van der Waals surface area (Å²) in [6, 6.07) is 20.9. The predicted molar refractivity (Wildman–Crippen MR) is 359 cm³/mol. The number of nitrogens with one attached hydrogen (secondary N) is 6. The number of methoxy groups -OCH3 is 2. The molecule has 3 aromatic carbocycles. The molecule has 496 valence electrons. The van der Waals surface area contributed by atoms with Crippen LogP contribution in [0.3, 0.4) is 0 Å². The number of benzene rings is 3. The van der Waals surface area contributed by atoms with Gasteiger partial charge in [0.05, 0.1) is 66.8 Å². The molecule has 0 bridgehead atoms. The van der Waals surface area contributed by atoms with Gasteiger partial charge in [0.2, 0.25) is 23.6 Å². The zero-order chi connectivity index (χ0) is 65.9. The fourth-order valence-electron chi connectivity index (χ4n) is 14.7. The van der Waals surface area contributed by atoms with Crippen LogP contribution in [0.5, 0.6) is 0 Å². The maximum atomic E-state index is 14.0. The first-order valence-electron chi connectivity index (χ1n) is 33.5. The molecule has 4 aromatic heterocycles. The van der Waals surface area contributed by atoms with E-state index in [0.29, 0.717) is 32.8 Å². The van der Waals surface area contributed by atoms with Crippen molar-refractivity contribution in [3.05, 3.63) is 117 Å². The van der Waals surface area contributed by atoms with Crippen LogP contribution in [-0.4, -0.2) is 151 Å². The fourth-order valence-corrected chi connectivity index (χ4v) is 15.1. The topological polar surface area (TPSA) is 275 Å². The number of pyridine rings is 1. The van der Waals surface area contributed by atoms with Crippen molar-refractivity contribution in [3.8, 4) is 45.0 Å². The number of carbonyl (C=O) groups is 6. The van der Waals surface area contributed by atoms with Gasteiger partial charge in [-0.05, 0) is 155 Å². The summed E-state index contributed by atoms with van der Waals surface area (Å²) >= 11 is 3.57. The number of hydrogen-bond donors (Lipinski definition) is 6. The van der Waals surface area contributed by atoms with Crippen LogP contribution in [0.25, 0.3) is 55.9 Å². The van der Waals surface area contributed by atoms with Gasteiger partial charge in [-0.25, -0.2) is 29.5 Å². The smallest absolute Gasteiger partial charge is 0.407 e. The number of rotatable bonds is 14. The minimum absolute atomic E-state index is 0.0456. The lowest BCUT2D eigenvalue weighted by atomic mass is 9.90. The molecule has 0 radical (unpaired) electrons. The Bertz CT molecular complexity index is 3960. The Morgan fingerprint density at radius 3 is 1.66 bits per heavy atom. The normalized spacial score (nSPS) is 19.6. The SMILES string of the molecule is COC(=O)NC(C(=O)N1CCC[C@H]1c1nc2c([nH]1)CCCc1cc(-c3ccc4cc(-c5cnc([C@@H]6CCCN6C(=O)[C@@H](NC(C)=O)C6CCOCC6)[nH]5)ccc4n3)ccc1-2)C(C)C.COC(=O)NC(C(=O)N1CCC[C@H]1c1nc2c([nH]1)CCCc1cc(Br)ccc1-2)C(C)C. The molecule has 2 unspecified atom stereocenters. The van der Waals surface area contributed by atoms with Crippen LogP contribution in [0.4, 0.5) is 9.59 Å². The van der Waals surface area contributed by atoms with E-state index in [0.717, 1.165) is 174 Å². The molecule has 0 saturated carbocycles. The number of aryl methyl sites for hydroxylation is 4. The summed E-state index contributed by atoms with van der Waals surface area (Å²) in [5, 5.41) is 9.40. The maximum Gasteiger partial charge on any atom is 0.407 e. The van der Waals surface area contributed by atoms with Crippen molar-refractivity contribution in [1.29, 1.82) is 0 Å². The van der Waals surface area contributed by atoms with Crippen LogP contribution >= 0.6 is 15.9 Å². The number of nitrogens with zero attached hydrogens (tertiary/aromatic N) is 7. The largest absolute Gasteiger partial charge is 0.453 e. The van der Waals surface area contributed by atoms with E-state index >= 15 is 0 Å². The van der Waals surface area contributed by atoms with Gasteiger partial charge in [-0.3, -0.25) is 19.2 Å². The van der Waals surface area contributed by atoms with Gasteiger partial charge in [-0.2, -0.15) is 0 Å². The highest BCUT2D eigenvalue weighted by atomic mass is 79.9. The van der Waals surface area contributed by atoms with Gasteiger partial charge in [-0.15, -0.1) is 0 Å². The molecule has 2 aliphatic carbocycles. The zero-order valence-corrected chi connectivity index (χ0v) is 56.3. The summed E-state index contributed by atoms with van der Waals surface area (Å²) in [7, 11) is 2.61. The summed E-state index contributed by atoms with van der Waals surface area (Å²) in [6.07, 6.45) is 13.0. The highest BCUT2D eigenvalue weighted by molar-refractivity contribution is 9.10. The zero-order valence-electron chi connectivity index (χ0n) is 54.7. The number of hydrogen-bond acceptors (Lipinski definition) is 13. The van der Waals surface area contributed by atoms with Crippen LogP contribution in [0.1, 0.15) is 157 Å². The average Bonchev–Trinajstić information content (AvgIpc) is 1.62. The van der Waals surface area contributed by atoms with Crippen molar-refractivity contribution < 1.29 is 43.0 Å². The van der Waals surface area contributed by atoms with Crippen LogP contribution in [0, 0.1) is 17.8 Å². The lowest BCUT2D eigenvalue weighted by molar-refractivity contribution is -0.139. The lowest BCUT2D eigenvalue weighted by Crippen LogP contribution is -2.52. The van der Waals surface area contributed by atoms with E-state index < -0.39 is 30.3 Å². The van der Waals surface area contributed by atoms with E-state index in [2.05, 4.69) is 107 Å². The average molecular weight is 1350 g/mol. The minimum Gasteiger partial charge on any atom is -0.453 e. The highest BCUT2D eigenvalue weighted by Crippen LogP contribution is 2.41. The third-order valence-electron chi connectivity index (χ3n) is 19.6. The molecule has 23 heteroatoms. The van der Waals surface area contributed by atoms with Crippen LogP contribution in [0.2, 0.25) is 0 Å². The van der Waals surface area contributed by atoms with Gasteiger partial charge in [0, 0.05) is 83.3 Å². The second-order valence-electron chi connectivity index (χ2n) is 26.5. The Kier molecular flexibility index (Phi) is 20.0. The number of amides is 6. The van der Waals surface area contributed by atoms with Crippen molar-refractivity contribution in [2.45, 2.75) is 161 Å². The molecule has 6 atom stereocenters. The van der Waals surface area contributed by atoms with Crippen molar-refractivity contribution in [3.63, 3.8) is 0 Å². The number of halogens is 1. The monoisotopic (exact) mass is 1340 g/mol. The Hall–Kier alpha value is -8.44. The molecule has 13 rings (SSSR count). The second-order valence-corrected chi connectivity index (χ2v) is 27.4. The number of aromatic nitrogens is 7. The molecule has 4 saturated heterocycles. The first-order valence-corrected chi connectivity index (χ1v) is 34.3. The number of imidazole rings is 3. The maximum absolute atomic E-state index is 14.0. The highest BCUT2D eigenvalue weighted by Gasteiger charge is 2.42. The summed E-state index contributed by atoms with van der Waals surface area (Å²) in [5.41, 5.74) is 13.6. The molecule has 7 aromatic rings. The van der Waals surface area contributed by atoms with Crippen molar-refractivity contribution >= 4 is 62.6 Å². The quantitative estimate of drug-likeness (QED) is 0.0592. The summed E-state index contributed by atoms with van der Waals surface area (Å²) in [4.78, 5) is 114. The summed E-state index contributed by atoms with van der Waals surface area (Å²) < 4.78 is 16.2. The molecule has 6 amide bonds. The van der Waals surface area contributed by atoms with Gasteiger partial charge >= 0.3 is 12.2 Å². The standard InChI is InChI=1S/C48H57N9O6.C23H29BrN4O3/c1-27(2)41(55-48(61)62-4)46(59)57-21-7-11-40(57)45-52-37-9-5-8-30-24-31(12-15-34(30)43(37)54-45)35-16-13-32-25-33(14-17-36(32)51-35)38-26-49-44(53-38)39-10-6-20-56(39)47(60)42(50-28(3)58)29-18-22-63-23-19-29;1-13(2)19(27-23(30)31-3)22(29)28-11-5-8-18(28)21-25-17-7-4-6-14-12-15(24)9-10-16(14)20(17)26-21/h12-17,24-27,29,39-42H,5-11,18-23H2,1-4H3,(H,49,53)(H,50,58)(H,52,54)(H,55,61);9-10,12-13,18-19H,4-8,11H2,1-3H3,(H,25,26)(H,27,30)/t39-,40-,41?,42-;18-,19?/m00/s1. The lowest BCUT2D eigenvalue weighted by Gasteiger charge is -2.34. The van der Waals surface area contributed by atoms with E-state index in [1.54, 1.807) is 0 Å². The number of ether oxygens (including phenoxy) is 3. The first-order chi connectivity index (χ1) is 45.4. The van der Waals surface area contributed by atoms with E-state index in [1.165, 1.54) is 37.8 Å². The minimum atomic E-state index is -0.687. The molecular formula is C71H86BrN13O9. The Morgan fingerprint density at radius 2 is 1.11 bits per heavy atom. The van der Waals surface area contributed by atoms with Gasteiger partial charge in [0.1, 0.15) is 35.6 Å². The molecule has 6 N–H and O–H groups in total. The third-order valence-corrected chi connectivity index (χ3v) is 20.1. The van der Waals surface area contributed by atoms with Gasteiger partial charge in [0.25, 0.3) is 0 Å². The molecule has 4 fully saturated rings. The number of alkyl carbamates (subject to hydrolysis) is 2. The third kappa shape index (κ3) is 13.9. The van der Waals surface area contributed by atoms with E-state index in [4.69, 9.17) is 34.1 Å².